The van der Waals surface area contributed by atoms with E-state index in [1.165, 1.54) is 62.5 Å². The molecule has 3 N–H and O–H groups in total. The topological polar surface area (TPSA) is 63.3 Å². The van der Waals surface area contributed by atoms with Crippen LogP contribution in [0.25, 0.3) is 10.9 Å². The van der Waals surface area contributed by atoms with Crippen molar-refractivity contribution < 1.29 is 4.79 Å². The quantitative estimate of drug-likeness (QED) is 0.772. The van der Waals surface area contributed by atoms with Crippen LogP contribution in [0.1, 0.15) is 64.0 Å². The zero-order chi connectivity index (χ0) is 20.4. The number of likely N-dealkylation sites (tertiary alicyclic amines) is 1. The molecule has 1 aromatic heterocycles. The molecule has 0 atom stereocenters. The van der Waals surface area contributed by atoms with Gasteiger partial charge in [0.05, 0.1) is 0 Å². The zero-order valence-corrected chi connectivity index (χ0v) is 17.9. The molecule has 5 nitrogen and oxygen atoms in total. The molecule has 0 bridgehead atoms. The summed E-state index contributed by atoms with van der Waals surface area (Å²) in [5.41, 5.74) is 7.70. The largest absolute Gasteiger partial charge is 0.352 e. The molecule has 29 heavy (non-hydrogen) atoms. The van der Waals surface area contributed by atoms with Crippen LogP contribution in [-0.2, 0) is 6.54 Å². The lowest BCUT2D eigenvalue weighted by atomic mass is 9.79. The number of hydrogen-bond donors (Lipinski definition) is 2. The first-order valence-corrected chi connectivity index (χ1v) is 11.4. The average molecular weight is 397 g/mol. The van der Waals surface area contributed by atoms with Gasteiger partial charge in [0.25, 0.3) is 0 Å². The number of piperidine rings is 1. The van der Waals surface area contributed by atoms with Crippen molar-refractivity contribution in [3.8, 4) is 0 Å². The number of rotatable bonds is 5. The van der Waals surface area contributed by atoms with E-state index in [-0.39, 0.29) is 0 Å². The second kappa shape index (κ2) is 8.78. The molecule has 1 saturated carbocycles. The molecular weight excluding hydrogens is 360 g/mol. The van der Waals surface area contributed by atoms with Crippen molar-refractivity contribution in [2.45, 2.75) is 71.0 Å². The molecule has 4 rings (SSSR count). The first kappa shape index (κ1) is 20.3. The van der Waals surface area contributed by atoms with Crippen molar-refractivity contribution in [1.82, 2.24) is 14.8 Å². The van der Waals surface area contributed by atoms with Crippen molar-refractivity contribution in [3.05, 3.63) is 36.0 Å². The smallest absolute Gasteiger partial charge is 0.312 e. The van der Waals surface area contributed by atoms with Crippen molar-refractivity contribution in [2.75, 3.05) is 13.1 Å². The van der Waals surface area contributed by atoms with Gasteiger partial charge in [-0.05, 0) is 62.0 Å². The Bertz CT molecular complexity index is 827. The zero-order valence-electron chi connectivity index (χ0n) is 17.9. The minimum absolute atomic E-state index is 0.470. The molecule has 158 valence electrons. The third-order valence-corrected chi connectivity index (χ3v) is 7.37. The van der Waals surface area contributed by atoms with Crippen LogP contribution in [0.3, 0.4) is 0 Å². The lowest BCUT2D eigenvalue weighted by molar-refractivity contribution is 0.0894. The lowest BCUT2D eigenvalue weighted by Crippen LogP contribution is -2.43. The fourth-order valence-electron chi connectivity index (χ4n) is 5.57. The van der Waals surface area contributed by atoms with Gasteiger partial charge in [0.15, 0.2) is 0 Å². The summed E-state index contributed by atoms with van der Waals surface area (Å²) >= 11 is 0. The van der Waals surface area contributed by atoms with E-state index in [4.69, 9.17) is 5.73 Å². The number of nitrogens with one attached hydrogen (secondary N) is 1. The second-order valence-corrected chi connectivity index (χ2v) is 9.38. The van der Waals surface area contributed by atoms with Gasteiger partial charge in [0.1, 0.15) is 0 Å². The monoisotopic (exact) mass is 396 g/mol. The van der Waals surface area contributed by atoms with Crippen LogP contribution in [0, 0.1) is 11.8 Å². The molecule has 0 radical (unpaired) electrons. The third kappa shape index (κ3) is 4.45. The minimum atomic E-state index is -0.470. The normalized spacial score (nSPS) is 24.2. The number of benzene rings is 1. The van der Waals surface area contributed by atoms with Crippen molar-refractivity contribution in [3.63, 3.8) is 0 Å². The maximum atomic E-state index is 11.2. The predicted octanol–water partition coefficient (Wildman–Crippen LogP) is 4.66. The van der Waals surface area contributed by atoms with Crippen LogP contribution in [-0.4, -0.2) is 34.6 Å². The Balaban J connectivity index is 1.41. The van der Waals surface area contributed by atoms with Gasteiger partial charge in [-0.3, -0.25) is 0 Å². The van der Waals surface area contributed by atoms with E-state index in [9.17, 15) is 4.79 Å². The first-order valence-electron chi connectivity index (χ1n) is 11.4. The molecule has 1 aliphatic carbocycles. The van der Waals surface area contributed by atoms with E-state index in [2.05, 4.69) is 59.1 Å². The highest BCUT2D eigenvalue weighted by molar-refractivity contribution is 5.84. The molecule has 0 spiro atoms. The van der Waals surface area contributed by atoms with Gasteiger partial charge in [-0.1, -0.05) is 32.0 Å². The number of amides is 2. The summed E-state index contributed by atoms with van der Waals surface area (Å²) in [6, 6.07) is 9.37. The highest BCUT2D eigenvalue weighted by Crippen LogP contribution is 2.35. The molecule has 2 amide bonds. The van der Waals surface area contributed by atoms with Gasteiger partial charge in [-0.15, -0.1) is 0 Å². The third-order valence-electron chi connectivity index (χ3n) is 7.37. The van der Waals surface area contributed by atoms with Gasteiger partial charge < -0.3 is 20.5 Å². The number of para-hydroxylation sites is 1. The molecule has 2 fully saturated rings. The van der Waals surface area contributed by atoms with Gasteiger partial charge in [-0.25, -0.2) is 4.79 Å². The maximum absolute atomic E-state index is 11.2. The summed E-state index contributed by atoms with van der Waals surface area (Å²) in [6.45, 7) is 7.64. The number of nitrogens with zero attached hydrogens (tertiary/aromatic N) is 2. The minimum Gasteiger partial charge on any atom is -0.352 e. The average Bonchev–Trinajstić information content (AvgIpc) is 3.11. The molecular formula is C24H36N4O. The number of carbonyl (C=O) groups is 1. The van der Waals surface area contributed by atoms with Crippen LogP contribution >= 0.6 is 0 Å². The molecule has 1 saturated heterocycles. The van der Waals surface area contributed by atoms with E-state index >= 15 is 0 Å². The van der Waals surface area contributed by atoms with Crippen LogP contribution in [0.5, 0.6) is 0 Å². The Hall–Kier alpha value is -2.01. The molecule has 1 aromatic carbocycles. The summed E-state index contributed by atoms with van der Waals surface area (Å²) in [5.74, 6) is 1.77. The van der Waals surface area contributed by atoms with E-state index in [0.717, 1.165) is 23.4 Å². The molecule has 2 aliphatic rings. The number of urea groups is 1. The van der Waals surface area contributed by atoms with Gasteiger partial charge in [0.2, 0.25) is 0 Å². The van der Waals surface area contributed by atoms with Crippen LogP contribution in [0.4, 0.5) is 4.79 Å². The summed E-state index contributed by atoms with van der Waals surface area (Å²) < 4.78 is 2.44. The van der Waals surface area contributed by atoms with Crippen molar-refractivity contribution in [1.29, 1.82) is 0 Å². The fraction of sp³-hybridized carbons (Fsp3) is 0.625. The summed E-state index contributed by atoms with van der Waals surface area (Å²) in [6.07, 6.45) is 10.2. The van der Waals surface area contributed by atoms with E-state index in [1.807, 2.05) is 0 Å². The highest BCUT2D eigenvalue weighted by Gasteiger charge is 2.30. The highest BCUT2D eigenvalue weighted by atomic mass is 16.2. The van der Waals surface area contributed by atoms with Gasteiger partial charge in [-0.2, -0.15) is 0 Å². The fourth-order valence-corrected chi connectivity index (χ4v) is 5.57. The van der Waals surface area contributed by atoms with E-state index in [1.54, 1.807) is 0 Å². The molecule has 2 heterocycles. The number of hydrogen-bond acceptors (Lipinski definition) is 2. The Morgan fingerprint density at radius 3 is 2.41 bits per heavy atom. The number of primary amides is 1. The van der Waals surface area contributed by atoms with Crippen LogP contribution in [0.2, 0.25) is 0 Å². The second-order valence-electron chi connectivity index (χ2n) is 9.38. The SMILES string of the molecule is CC(C)[C@H]1CC[C@@H](N2CCC(n3cc(CNC(N)=O)c4ccccc43)CC2)CC1. The van der Waals surface area contributed by atoms with E-state index in [0.29, 0.717) is 12.6 Å². The lowest BCUT2D eigenvalue weighted by Gasteiger charge is -2.42. The summed E-state index contributed by atoms with van der Waals surface area (Å²) in [7, 11) is 0. The molecule has 0 unspecified atom stereocenters. The number of fused-ring (bicyclic) bond motifs is 1. The molecule has 2 aromatic rings. The van der Waals surface area contributed by atoms with Crippen molar-refractivity contribution >= 4 is 16.9 Å². The molecule has 1 aliphatic heterocycles. The summed E-state index contributed by atoms with van der Waals surface area (Å²) in [4.78, 5) is 13.9. The van der Waals surface area contributed by atoms with Crippen molar-refractivity contribution in [2.24, 2.45) is 17.6 Å². The maximum Gasteiger partial charge on any atom is 0.312 e. The Morgan fingerprint density at radius 1 is 1.07 bits per heavy atom. The van der Waals surface area contributed by atoms with Crippen LogP contribution < -0.4 is 11.1 Å². The first-order chi connectivity index (χ1) is 14.0. The summed E-state index contributed by atoms with van der Waals surface area (Å²) in [5, 5.41) is 3.97. The van der Waals surface area contributed by atoms with E-state index < -0.39 is 6.03 Å². The number of carbonyl (C=O) groups excluding carboxylic acids is 1. The Kier molecular flexibility index (Phi) is 6.14. The predicted molar refractivity (Wildman–Crippen MR) is 119 cm³/mol. The van der Waals surface area contributed by atoms with Crippen LogP contribution in [0.15, 0.2) is 30.5 Å². The number of nitrogens with two attached hydrogens (primary N) is 1. The Morgan fingerprint density at radius 2 is 1.76 bits per heavy atom. The Labute approximate surface area is 174 Å². The molecule has 5 heteroatoms. The van der Waals surface area contributed by atoms with Gasteiger partial charge in [0, 0.05) is 48.8 Å². The number of aromatic nitrogens is 1. The van der Waals surface area contributed by atoms with Gasteiger partial charge >= 0.3 is 6.03 Å². The standard InChI is InChI=1S/C24H36N4O/c1-17(2)18-7-9-20(10-8-18)27-13-11-21(12-14-27)28-16-19(15-26-24(25)29)22-5-3-4-6-23(22)28/h3-6,16-18,20-21H,7-15H2,1-2H3,(H3,25,26,29)/t18-,20+.